The Morgan fingerprint density at radius 2 is 1.78 bits per heavy atom. The van der Waals surface area contributed by atoms with Gasteiger partial charge in [-0.3, -0.25) is 0 Å². The molecule has 3 rings (SSSR count). The van der Waals surface area contributed by atoms with E-state index < -0.39 is 10.0 Å². The van der Waals surface area contributed by atoms with Gasteiger partial charge < -0.3 is 4.90 Å². The highest BCUT2D eigenvalue weighted by atomic mass is 79.9. The lowest BCUT2D eigenvalue weighted by atomic mass is 10.1. The summed E-state index contributed by atoms with van der Waals surface area (Å²) in [5.74, 6) is 0. The number of benzene rings is 1. The molecule has 124 valence electrons. The quantitative estimate of drug-likeness (QED) is 0.806. The Hall–Kier alpha value is -0.730. The Morgan fingerprint density at radius 1 is 1.09 bits per heavy atom. The average Bonchev–Trinajstić information content (AvgIpc) is 3.02. The van der Waals surface area contributed by atoms with Gasteiger partial charge in [0.05, 0.1) is 36.5 Å². The van der Waals surface area contributed by atoms with Gasteiger partial charge in [-0.1, -0.05) is 30.3 Å². The van der Waals surface area contributed by atoms with Crippen molar-refractivity contribution in [2.24, 2.45) is 0 Å². The van der Waals surface area contributed by atoms with Crippen LogP contribution in [0.15, 0.2) is 50.5 Å². The number of halogens is 1. The summed E-state index contributed by atoms with van der Waals surface area (Å²) in [5, 5.41) is 0. The van der Waals surface area contributed by atoms with E-state index in [-0.39, 0.29) is 0 Å². The first-order chi connectivity index (χ1) is 11.1. The van der Waals surface area contributed by atoms with E-state index in [1.54, 1.807) is 16.4 Å². The van der Waals surface area contributed by atoms with Gasteiger partial charge in [-0.25, -0.2) is 8.42 Å². The number of nitrogens with one attached hydrogen (secondary N) is 1. The number of thiophene rings is 1. The lowest BCUT2D eigenvalue weighted by Crippen LogP contribution is -3.15. The van der Waals surface area contributed by atoms with Crippen molar-refractivity contribution in [2.75, 3.05) is 32.7 Å². The number of piperazine rings is 1. The van der Waals surface area contributed by atoms with Crippen LogP contribution in [0.5, 0.6) is 0 Å². The molecule has 0 bridgehead atoms. The molecule has 0 amide bonds. The van der Waals surface area contributed by atoms with Gasteiger partial charge in [-0.15, -0.1) is 11.3 Å². The van der Waals surface area contributed by atoms with E-state index in [9.17, 15) is 8.42 Å². The molecule has 2 heterocycles. The topological polar surface area (TPSA) is 41.8 Å². The Balaban J connectivity index is 1.54. The zero-order chi connectivity index (χ0) is 16.3. The van der Waals surface area contributed by atoms with E-state index in [1.165, 1.54) is 21.8 Å². The van der Waals surface area contributed by atoms with Crippen LogP contribution in [0.2, 0.25) is 0 Å². The predicted octanol–water partition coefficient (Wildman–Crippen LogP) is 1.64. The normalized spacial score (nSPS) is 17.4. The summed E-state index contributed by atoms with van der Waals surface area (Å²) < 4.78 is 28.1. The van der Waals surface area contributed by atoms with Crippen molar-refractivity contribution in [2.45, 2.75) is 10.6 Å². The van der Waals surface area contributed by atoms with E-state index in [0.717, 1.165) is 29.8 Å². The summed E-state index contributed by atoms with van der Waals surface area (Å²) in [6, 6.07) is 13.9. The number of rotatable bonds is 5. The second-order valence-corrected chi connectivity index (χ2v) is 10.3. The fraction of sp³-hybridized carbons (Fsp3) is 0.375. The minimum atomic E-state index is -3.32. The molecular weight excluding hydrogens is 396 g/mol. The van der Waals surface area contributed by atoms with Gasteiger partial charge in [0, 0.05) is 6.42 Å². The summed E-state index contributed by atoms with van der Waals surface area (Å²) in [6.07, 6.45) is 1.04. The van der Waals surface area contributed by atoms with E-state index in [2.05, 4.69) is 40.2 Å². The largest absolute Gasteiger partial charge is 0.332 e. The van der Waals surface area contributed by atoms with Crippen LogP contribution in [0.4, 0.5) is 0 Å². The summed E-state index contributed by atoms with van der Waals surface area (Å²) in [6.45, 7) is 4.00. The fourth-order valence-electron chi connectivity index (χ4n) is 2.82. The number of hydrogen-bond acceptors (Lipinski definition) is 3. The monoisotopic (exact) mass is 415 g/mol. The molecule has 0 aliphatic carbocycles. The maximum absolute atomic E-state index is 12.6. The molecule has 1 N–H and O–H groups in total. The van der Waals surface area contributed by atoms with Crippen LogP contribution in [0.25, 0.3) is 0 Å². The molecule has 1 aliphatic heterocycles. The number of nitrogens with zero attached hydrogens (tertiary/aromatic N) is 1. The SMILES string of the molecule is O=S(=O)(c1ccc(Br)s1)N1CC[NH+](CCc2ccccc2)CC1. The van der Waals surface area contributed by atoms with Crippen LogP contribution >= 0.6 is 27.3 Å². The van der Waals surface area contributed by atoms with E-state index in [4.69, 9.17) is 0 Å². The van der Waals surface area contributed by atoms with Crippen molar-refractivity contribution < 1.29 is 13.3 Å². The molecule has 1 saturated heterocycles. The molecular formula is C16H20BrN2O2S2+. The molecule has 1 aromatic heterocycles. The molecule has 4 nitrogen and oxygen atoms in total. The van der Waals surface area contributed by atoms with Crippen LogP contribution in [0, 0.1) is 0 Å². The first kappa shape index (κ1) is 17.1. The third-order valence-corrected chi connectivity index (χ3v) is 8.17. The number of sulfonamides is 1. The smallest absolute Gasteiger partial charge is 0.252 e. The molecule has 7 heteroatoms. The van der Waals surface area contributed by atoms with Gasteiger partial charge in [-0.05, 0) is 33.6 Å². The lowest BCUT2D eigenvalue weighted by molar-refractivity contribution is -0.903. The third kappa shape index (κ3) is 4.22. The average molecular weight is 416 g/mol. The molecule has 1 aliphatic rings. The van der Waals surface area contributed by atoms with Crippen molar-refractivity contribution in [1.29, 1.82) is 0 Å². The van der Waals surface area contributed by atoms with E-state index in [1.807, 2.05) is 6.07 Å². The summed E-state index contributed by atoms with van der Waals surface area (Å²) in [4.78, 5) is 1.48. The highest BCUT2D eigenvalue weighted by Crippen LogP contribution is 2.28. The molecule has 1 aromatic carbocycles. The highest BCUT2D eigenvalue weighted by molar-refractivity contribution is 9.11. The molecule has 0 radical (unpaired) electrons. The number of hydrogen-bond donors (Lipinski definition) is 1. The summed E-state index contributed by atoms with van der Waals surface area (Å²) in [5.41, 5.74) is 1.35. The molecule has 1 fully saturated rings. The standard InChI is InChI=1S/C16H19BrN2O2S2/c17-15-6-7-16(22-15)23(20,21)19-12-10-18(11-13-19)9-8-14-4-2-1-3-5-14/h1-7H,8-13H2/p+1. The van der Waals surface area contributed by atoms with Crippen LogP contribution in [-0.2, 0) is 16.4 Å². The van der Waals surface area contributed by atoms with Gasteiger partial charge in [0.1, 0.15) is 4.21 Å². The van der Waals surface area contributed by atoms with Gasteiger partial charge in [0.15, 0.2) is 0 Å². The van der Waals surface area contributed by atoms with E-state index in [0.29, 0.717) is 17.3 Å². The fourth-order valence-corrected chi connectivity index (χ4v) is 6.43. The van der Waals surface area contributed by atoms with Gasteiger partial charge in [0.2, 0.25) is 0 Å². The first-order valence-electron chi connectivity index (χ1n) is 7.69. The van der Waals surface area contributed by atoms with Crippen molar-refractivity contribution in [1.82, 2.24) is 4.31 Å². The lowest BCUT2D eigenvalue weighted by Gasteiger charge is -2.31. The zero-order valence-corrected chi connectivity index (χ0v) is 16.0. The Labute approximate surface area is 149 Å². The Morgan fingerprint density at radius 3 is 2.39 bits per heavy atom. The van der Waals surface area contributed by atoms with Gasteiger partial charge >= 0.3 is 0 Å². The van der Waals surface area contributed by atoms with Crippen LogP contribution < -0.4 is 4.90 Å². The molecule has 23 heavy (non-hydrogen) atoms. The number of quaternary nitrogens is 1. The van der Waals surface area contributed by atoms with E-state index >= 15 is 0 Å². The molecule has 0 atom stereocenters. The predicted molar refractivity (Wildman–Crippen MR) is 96.5 cm³/mol. The second-order valence-electron chi connectivity index (χ2n) is 5.70. The third-order valence-electron chi connectivity index (χ3n) is 4.18. The van der Waals surface area contributed by atoms with Gasteiger partial charge in [-0.2, -0.15) is 4.31 Å². The first-order valence-corrected chi connectivity index (χ1v) is 10.7. The van der Waals surface area contributed by atoms with Crippen molar-refractivity contribution in [3.63, 3.8) is 0 Å². The van der Waals surface area contributed by atoms with Crippen molar-refractivity contribution in [3.8, 4) is 0 Å². The van der Waals surface area contributed by atoms with Crippen molar-refractivity contribution in [3.05, 3.63) is 51.8 Å². The molecule has 0 spiro atoms. The minimum absolute atomic E-state index is 0.428. The molecule has 0 unspecified atom stereocenters. The highest BCUT2D eigenvalue weighted by Gasteiger charge is 2.31. The Bertz CT molecular complexity index is 738. The summed E-state index contributed by atoms with van der Waals surface area (Å²) >= 11 is 4.61. The van der Waals surface area contributed by atoms with Crippen LogP contribution in [-0.4, -0.2) is 45.4 Å². The molecule has 0 saturated carbocycles. The summed E-state index contributed by atoms with van der Waals surface area (Å²) in [7, 11) is -3.32. The van der Waals surface area contributed by atoms with Crippen LogP contribution in [0.1, 0.15) is 5.56 Å². The minimum Gasteiger partial charge on any atom is -0.332 e. The zero-order valence-electron chi connectivity index (χ0n) is 12.7. The maximum Gasteiger partial charge on any atom is 0.252 e. The Kier molecular flexibility index (Phi) is 5.53. The maximum atomic E-state index is 12.6. The van der Waals surface area contributed by atoms with Crippen LogP contribution in [0.3, 0.4) is 0 Å². The van der Waals surface area contributed by atoms with Gasteiger partial charge in [0.25, 0.3) is 10.0 Å². The second kappa shape index (κ2) is 7.44. The van der Waals surface area contributed by atoms with Crippen molar-refractivity contribution >= 4 is 37.3 Å². The molecule has 2 aromatic rings.